The molecule has 0 aliphatic rings. The van der Waals surface area contributed by atoms with E-state index in [0.717, 1.165) is 0 Å². The minimum atomic E-state index is -4.36. The van der Waals surface area contributed by atoms with Crippen LogP contribution in [-0.4, -0.2) is 49.4 Å². The monoisotopic (exact) mass is 313 g/mol. The molecule has 0 aliphatic carbocycles. The Labute approximate surface area is 119 Å². The number of ether oxygens (including phenoxy) is 2. The molecular weight excluding hydrogens is 289 g/mol. The Kier molecular flexibility index (Phi) is 9.20. The van der Waals surface area contributed by atoms with Gasteiger partial charge in [0.1, 0.15) is 0 Å². The summed E-state index contributed by atoms with van der Waals surface area (Å²) in [5.41, 5.74) is 5.60. The van der Waals surface area contributed by atoms with E-state index >= 15 is 0 Å². The van der Waals surface area contributed by atoms with Gasteiger partial charge in [0.15, 0.2) is 6.10 Å². The van der Waals surface area contributed by atoms with Crippen molar-refractivity contribution in [3.8, 4) is 0 Å². The second-order valence-corrected chi connectivity index (χ2v) is 5.74. The zero-order valence-corrected chi connectivity index (χ0v) is 13.2. The number of nitrogens with two attached hydrogens (primary N) is 1. The van der Waals surface area contributed by atoms with Crippen LogP contribution in [0, 0.1) is 0 Å². The zero-order chi connectivity index (χ0) is 15.8. The highest BCUT2D eigenvalue weighted by atomic mass is 31.2. The molecular formula is C11H24NO7P. The van der Waals surface area contributed by atoms with Crippen molar-refractivity contribution in [3.05, 3.63) is 0 Å². The first kappa shape index (κ1) is 19.5. The Hall–Kier alpha value is -0.500. The van der Waals surface area contributed by atoms with Crippen molar-refractivity contribution < 1.29 is 32.8 Å². The lowest BCUT2D eigenvalue weighted by atomic mass is 10.1. The molecule has 20 heavy (non-hydrogen) atoms. The molecule has 0 amide bonds. The van der Waals surface area contributed by atoms with Crippen molar-refractivity contribution in [2.75, 3.05) is 20.3 Å². The van der Waals surface area contributed by atoms with Crippen LogP contribution in [0.15, 0.2) is 0 Å². The van der Waals surface area contributed by atoms with Gasteiger partial charge in [0.2, 0.25) is 0 Å². The number of hydrogen-bond acceptors (Lipinski definition) is 7. The largest absolute Gasteiger partial charge is 0.473 e. The Morgan fingerprint density at radius 1 is 1.40 bits per heavy atom. The molecule has 120 valence electrons. The van der Waals surface area contributed by atoms with Gasteiger partial charge in [-0.05, 0) is 27.2 Å². The molecule has 4 atom stereocenters. The van der Waals surface area contributed by atoms with Crippen molar-refractivity contribution in [1.29, 1.82) is 0 Å². The zero-order valence-electron chi connectivity index (χ0n) is 12.3. The van der Waals surface area contributed by atoms with Crippen LogP contribution in [-0.2, 0) is 27.9 Å². The summed E-state index contributed by atoms with van der Waals surface area (Å²) >= 11 is 0. The maximum Gasteiger partial charge on any atom is 0.473 e. The van der Waals surface area contributed by atoms with Gasteiger partial charge in [-0.2, -0.15) is 0 Å². The second-order valence-electron chi connectivity index (χ2n) is 4.33. The average Bonchev–Trinajstić information content (AvgIpc) is 2.33. The topological polar surface area (TPSA) is 117 Å². The third-order valence-electron chi connectivity index (χ3n) is 2.30. The summed E-state index contributed by atoms with van der Waals surface area (Å²) in [5, 5.41) is 0. The standard InChI is InChI=1S/C11H24NO7P/c1-5-17-11(13)9(3)19-20(14,15)18-7-10(16-4)6-8(2)12/h8-10H,5-7,12H2,1-4H3,(H,14,15)/t8?,9-,10?/m1/s1. The molecule has 0 aromatic heterocycles. The van der Waals surface area contributed by atoms with Crippen LogP contribution in [0.2, 0.25) is 0 Å². The summed E-state index contributed by atoms with van der Waals surface area (Å²) in [6.07, 6.45) is -1.17. The maximum absolute atomic E-state index is 11.7. The highest BCUT2D eigenvalue weighted by Crippen LogP contribution is 2.44. The number of phosphoric acid groups is 1. The Morgan fingerprint density at radius 3 is 2.45 bits per heavy atom. The Balaban J connectivity index is 4.30. The van der Waals surface area contributed by atoms with Crippen molar-refractivity contribution >= 4 is 13.8 Å². The second kappa shape index (κ2) is 9.44. The summed E-state index contributed by atoms with van der Waals surface area (Å²) in [5.74, 6) is -0.732. The summed E-state index contributed by atoms with van der Waals surface area (Å²) in [6.45, 7) is 4.70. The Morgan fingerprint density at radius 2 is 2.00 bits per heavy atom. The number of esters is 1. The molecule has 0 aromatic rings. The molecule has 0 bridgehead atoms. The molecule has 0 aromatic carbocycles. The molecule has 0 saturated carbocycles. The molecule has 0 radical (unpaired) electrons. The van der Waals surface area contributed by atoms with Crippen LogP contribution in [0.1, 0.15) is 27.2 Å². The van der Waals surface area contributed by atoms with Gasteiger partial charge in [0.25, 0.3) is 0 Å². The number of carbonyl (C=O) groups excluding carboxylic acids is 1. The van der Waals surface area contributed by atoms with E-state index in [1.54, 1.807) is 13.8 Å². The van der Waals surface area contributed by atoms with Crippen LogP contribution in [0.25, 0.3) is 0 Å². The van der Waals surface area contributed by atoms with E-state index in [1.807, 2.05) is 0 Å². The molecule has 8 nitrogen and oxygen atoms in total. The fourth-order valence-electron chi connectivity index (χ4n) is 1.36. The van der Waals surface area contributed by atoms with Crippen LogP contribution < -0.4 is 5.73 Å². The highest BCUT2D eigenvalue weighted by Gasteiger charge is 2.30. The van der Waals surface area contributed by atoms with Crippen LogP contribution in [0.4, 0.5) is 0 Å². The summed E-state index contributed by atoms with van der Waals surface area (Å²) in [6, 6.07) is -0.138. The van der Waals surface area contributed by atoms with Gasteiger partial charge in [-0.1, -0.05) is 0 Å². The number of methoxy groups -OCH3 is 1. The third kappa shape index (κ3) is 8.63. The van der Waals surface area contributed by atoms with E-state index < -0.39 is 26.0 Å². The lowest BCUT2D eigenvalue weighted by Crippen LogP contribution is -2.28. The van der Waals surface area contributed by atoms with Gasteiger partial charge >= 0.3 is 13.8 Å². The quantitative estimate of drug-likeness (QED) is 0.450. The van der Waals surface area contributed by atoms with E-state index in [-0.39, 0.29) is 19.3 Å². The maximum atomic E-state index is 11.7. The number of carbonyl (C=O) groups is 1. The molecule has 0 fully saturated rings. The summed E-state index contributed by atoms with van der Waals surface area (Å²) < 4.78 is 30.8. The van der Waals surface area contributed by atoms with Gasteiger partial charge in [-0.3, -0.25) is 9.05 Å². The van der Waals surface area contributed by atoms with Crippen molar-refractivity contribution in [1.82, 2.24) is 0 Å². The van der Waals surface area contributed by atoms with Crippen molar-refractivity contribution in [2.24, 2.45) is 5.73 Å². The summed E-state index contributed by atoms with van der Waals surface area (Å²) in [7, 11) is -2.91. The van der Waals surface area contributed by atoms with Gasteiger partial charge in [-0.25, -0.2) is 9.36 Å². The lowest BCUT2D eigenvalue weighted by Gasteiger charge is -2.20. The van der Waals surface area contributed by atoms with Gasteiger partial charge in [0, 0.05) is 13.2 Å². The molecule has 0 saturated heterocycles. The van der Waals surface area contributed by atoms with E-state index in [9.17, 15) is 14.3 Å². The van der Waals surface area contributed by atoms with E-state index in [2.05, 4.69) is 9.26 Å². The van der Waals surface area contributed by atoms with E-state index in [0.29, 0.717) is 6.42 Å². The van der Waals surface area contributed by atoms with Crippen molar-refractivity contribution in [3.63, 3.8) is 0 Å². The van der Waals surface area contributed by atoms with Gasteiger partial charge in [-0.15, -0.1) is 0 Å². The van der Waals surface area contributed by atoms with Crippen LogP contribution >= 0.6 is 7.82 Å². The molecule has 3 N–H and O–H groups in total. The fraction of sp³-hybridized carbons (Fsp3) is 0.909. The molecule has 0 rings (SSSR count). The number of hydrogen-bond donors (Lipinski definition) is 2. The fourth-order valence-corrected chi connectivity index (χ4v) is 2.26. The molecule has 0 aliphatic heterocycles. The molecule has 9 heteroatoms. The highest BCUT2D eigenvalue weighted by molar-refractivity contribution is 7.47. The normalized spacial score (nSPS) is 18.9. The van der Waals surface area contributed by atoms with E-state index in [1.165, 1.54) is 14.0 Å². The minimum Gasteiger partial charge on any atom is -0.464 e. The summed E-state index contributed by atoms with van der Waals surface area (Å²) in [4.78, 5) is 20.8. The molecule has 3 unspecified atom stereocenters. The number of phosphoric ester groups is 1. The molecule has 0 heterocycles. The lowest BCUT2D eigenvalue weighted by molar-refractivity contribution is -0.151. The van der Waals surface area contributed by atoms with Crippen LogP contribution in [0.3, 0.4) is 0 Å². The van der Waals surface area contributed by atoms with Crippen molar-refractivity contribution in [2.45, 2.75) is 45.4 Å². The van der Waals surface area contributed by atoms with E-state index in [4.69, 9.17) is 15.0 Å². The molecule has 0 spiro atoms. The first-order chi connectivity index (χ1) is 9.21. The van der Waals surface area contributed by atoms with Crippen LogP contribution in [0.5, 0.6) is 0 Å². The minimum absolute atomic E-state index is 0.138. The average molecular weight is 313 g/mol. The first-order valence-corrected chi connectivity index (χ1v) is 7.82. The number of rotatable bonds is 10. The smallest absolute Gasteiger partial charge is 0.464 e. The SMILES string of the molecule is CCOC(=O)[C@@H](C)OP(=O)(O)OCC(CC(C)N)OC. The van der Waals surface area contributed by atoms with Gasteiger partial charge < -0.3 is 20.1 Å². The third-order valence-corrected chi connectivity index (χ3v) is 3.36. The first-order valence-electron chi connectivity index (χ1n) is 6.32. The Bertz CT molecular complexity index is 337. The predicted octanol–water partition coefficient (Wildman–Crippen LogP) is 0.824. The van der Waals surface area contributed by atoms with Gasteiger partial charge in [0.05, 0.1) is 19.3 Å². The predicted molar refractivity (Wildman–Crippen MR) is 72.0 cm³/mol.